The summed E-state index contributed by atoms with van der Waals surface area (Å²) in [6, 6.07) is 9.51. The van der Waals surface area contributed by atoms with Gasteiger partial charge >= 0.3 is 5.97 Å². The standard InChI is InChI=1S/C20H23N3O4S/c1-27-19(25)7-4-10-21-17(24)12-28-18-11-15(20(26)22-13-8-9-13)14-5-2-3-6-16(14)23-18/h2-3,5-6,11,13H,4,7-10,12H2,1H3,(H,21,24)(H,22,26). The Hall–Kier alpha value is -2.61. The molecule has 2 amide bonds. The van der Waals surface area contributed by atoms with Crippen LogP contribution in [0.1, 0.15) is 36.0 Å². The van der Waals surface area contributed by atoms with Gasteiger partial charge in [0, 0.05) is 24.4 Å². The van der Waals surface area contributed by atoms with Gasteiger partial charge in [0.1, 0.15) is 0 Å². The molecular weight excluding hydrogens is 378 g/mol. The van der Waals surface area contributed by atoms with Crippen LogP contribution in [0.25, 0.3) is 10.9 Å². The lowest BCUT2D eigenvalue weighted by Crippen LogP contribution is -2.27. The van der Waals surface area contributed by atoms with E-state index in [0.717, 1.165) is 23.7 Å². The van der Waals surface area contributed by atoms with Crippen LogP contribution in [0.2, 0.25) is 0 Å². The van der Waals surface area contributed by atoms with Crippen molar-refractivity contribution < 1.29 is 19.1 Å². The second kappa shape index (κ2) is 9.54. The number of para-hydroxylation sites is 1. The number of amides is 2. The van der Waals surface area contributed by atoms with E-state index in [2.05, 4.69) is 20.4 Å². The number of pyridine rings is 1. The quantitative estimate of drug-likeness (QED) is 0.380. The van der Waals surface area contributed by atoms with Crippen molar-refractivity contribution in [2.45, 2.75) is 36.8 Å². The zero-order valence-corrected chi connectivity index (χ0v) is 16.5. The Balaban J connectivity index is 1.60. The number of hydrogen-bond donors (Lipinski definition) is 2. The number of esters is 1. The van der Waals surface area contributed by atoms with Crippen LogP contribution in [0, 0.1) is 0 Å². The highest BCUT2D eigenvalue weighted by atomic mass is 32.2. The highest BCUT2D eigenvalue weighted by Crippen LogP contribution is 2.26. The number of methoxy groups -OCH3 is 1. The summed E-state index contributed by atoms with van der Waals surface area (Å²) in [6.45, 7) is 0.411. The molecule has 0 atom stereocenters. The number of aromatic nitrogens is 1. The first kappa shape index (κ1) is 20.1. The third kappa shape index (κ3) is 5.69. The number of nitrogens with one attached hydrogen (secondary N) is 2. The van der Waals surface area contributed by atoms with E-state index < -0.39 is 0 Å². The van der Waals surface area contributed by atoms with Gasteiger partial charge in [0.15, 0.2) is 0 Å². The summed E-state index contributed by atoms with van der Waals surface area (Å²) in [6.07, 6.45) is 2.84. The Bertz CT molecular complexity index is 883. The molecule has 0 spiro atoms. The topological polar surface area (TPSA) is 97.4 Å². The van der Waals surface area contributed by atoms with E-state index in [4.69, 9.17) is 0 Å². The van der Waals surface area contributed by atoms with Crippen molar-refractivity contribution in [1.82, 2.24) is 15.6 Å². The number of hydrogen-bond acceptors (Lipinski definition) is 6. The van der Waals surface area contributed by atoms with E-state index in [0.29, 0.717) is 23.6 Å². The number of carbonyl (C=O) groups is 3. The number of thioether (sulfide) groups is 1. The Morgan fingerprint density at radius 1 is 1.25 bits per heavy atom. The molecule has 148 valence electrons. The summed E-state index contributed by atoms with van der Waals surface area (Å²) in [4.78, 5) is 40.2. The highest BCUT2D eigenvalue weighted by Gasteiger charge is 2.25. The lowest BCUT2D eigenvalue weighted by molar-refractivity contribution is -0.140. The molecular formula is C20H23N3O4S. The Kier molecular flexibility index (Phi) is 6.86. The Morgan fingerprint density at radius 3 is 2.79 bits per heavy atom. The van der Waals surface area contributed by atoms with Crippen LogP contribution >= 0.6 is 11.8 Å². The maximum Gasteiger partial charge on any atom is 0.305 e. The minimum Gasteiger partial charge on any atom is -0.469 e. The first-order valence-electron chi connectivity index (χ1n) is 9.24. The summed E-state index contributed by atoms with van der Waals surface area (Å²) in [5.41, 5.74) is 1.31. The van der Waals surface area contributed by atoms with Gasteiger partial charge < -0.3 is 15.4 Å². The van der Waals surface area contributed by atoms with Crippen molar-refractivity contribution in [2.24, 2.45) is 0 Å². The fourth-order valence-corrected chi connectivity index (χ4v) is 3.40. The zero-order valence-electron chi connectivity index (χ0n) is 15.7. The minimum absolute atomic E-state index is 0.102. The average Bonchev–Trinajstić information content (AvgIpc) is 3.52. The zero-order chi connectivity index (χ0) is 19.9. The summed E-state index contributed by atoms with van der Waals surface area (Å²) in [5.74, 6) is -0.349. The molecule has 0 bridgehead atoms. The first-order chi connectivity index (χ1) is 13.6. The van der Waals surface area contributed by atoms with Gasteiger partial charge in [0.2, 0.25) is 5.91 Å². The number of rotatable bonds is 9. The van der Waals surface area contributed by atoms with E-state index in [1.165, 1.54) is 18.9 Å². The van der Waals surface area contributed by atoms with Gasteiger partial charge in [-0.3, -0.25) is 14.4 Å². The minimum atomic E-state index is -0.291. The first-order valence-corrected chi connectivity index (χ1v) is 10.2. The lowest BCUT2D eigenvalue weighted by atomic mass is 10.1. The fourth-order valence-electron chi connectivity index (χ4n) is 2.66. The maximum atomic E-state index is 12.6. The molecule has 3 rings (SSSR count). The van der Waals surface area contributed by atoms with Crippen LogP contribution in [0.15, 0.2) is 35.4 Å². The predicted molar refractivity (Wildman–Crippen MR) is 107 cm³/mol. The molecule has 1 aliphatic rings. The van der Waals surface area contributed by atoms with Crippen LogP contribution in [0.3, 0.4) is 0 Å². The van der Waals surface area contributed by atoms with Crippen LogP contribution in [-0.2, 0) is 14.3 Å². The molecule has 1 aliphatic carbocycles. The van der Waals surface area contributed by atoms with E-state index in [1.54, 1.807) is 6.07 Å². The molecule has 0 aliphatic heterocycles. The van der Waals surface area contributed by atoms with Gasteiger partial charge in [-0.25, -0.2) is 4.98 Å². The predicted octanol–water partition coefficient (Wildman–Crippen LogP) is 2.29. The van der Waals surface area contributed by atoms with E-state index in [1.807, 2.05) is 24.3 Å². The number of fused-ring (bicyclic) bond motifs is 1. The molecule has 1 fully saturated rings. The number of ether oxygens (including phenoxy) is 1. The molecule has 1 heterocycles. The molecule has 28 heavy (non-hydrogen) atoms. The normalized spacial score (nSPS) is 13.2. The van der Waals surface area contributed by atoms with Gasteiger partial charge in [-0.2, -0.15) is 0 Å². The van der Waals surface area contributed by atoms with Crippen molar-refractivity contribution in [3.8, 4) is 0 Å². The Labute approximate surface area is 167 Å². The largest absolute Gasteiger partial charge is 0.469 e. The van der Waals surface area contributed by atoms with Gasteiger partial charge in [0.25, 0.3) is 5.91 Å². The van der Waals surface area contributed by atoms with Crippen molar-refractivity contribution in [3.63, 3.8) is 0 Å². The molecule has 2 aromatic rings. The van der Waals surface area contributed by atoms with E-state index in [9.17, 15) is 14.4 Å². The molecule has 0 radical (unpaired) electrons. The van der Waals surface area contributed by atoms with Gasteiger partial charge in [0.05, 0.1) is 29.0 Å². The lowest BCUT2D eigenvalue weighted by Gasteiger charge is -2.10. The van der Waals surface area contributed by atoms with Crippen molar-refractivity contribution in [3.05, 3.63) is 35.9 Å². The number of nitrogens with zero attached hydrogens (tertiary/aromatic N) is 1. The maximum absolute atomic E-state index is 12.6. The second-order valence-electron chi connectivity index (χ2n) is 6.59. The molecule has 1 saturated carbocycles. The molecule has 1 aromatic heterocycles. The van der Waals surface area contributed by atoms with Crippen molar-refractivity contribution >= 4 is 40.4 Å². The SMILES string of the molecule is COC(=O)CCCNC(=O)CSc1cc(C(=O)NC2CC2)c2ccccc2n1. The summed E-state index contributed by atoms with van der Waals surface area (Å²) in [7, 11) is 1.34. The molecule has 0 unspecified atom stereocenters. The monoisotopic (exact) mass is 401 g/mol. The number of carbonyl (C=O) groups excluding carboxylic acids is 3. The van der Waals surface area contributed by atoms with Crippen LogP contribution in [0.5, 0.6) is 0 Å². The third-order valence-electron chi connectivity index (χ3n) is 4.31. The second-order valence-corrected chi connectivity index (χ2v) is 7.59. The van der Waals surface area contributed by atoms with Crippen molar-refractivity contribution in [2.75, 3.05) is 19.4 Å². The van der Waals surface area contributed by atoms with E-state index in [-0.39, 0.29) is 36.0 Å². The van der Waals surface area contributed by atoms with Crippen LogP contribution < -0.4 is 10.6 Å². The smallest absolute Gasteiger partial charge is 0.305 e. The highest BCUT2D eigenvalue weighted by molar-refractivity contribution is 7.99. The summed E-state index contributed by atoms with van der Waals surface area (Å²) in [5, 5.41) is 7.21. The fraction of sp³-hybridized carbons (Fsp3) is 0.400. The van der Waals surface area contributed by atoms with Crippen LogP contribution in [0.4, 0.5) is 0 Å². The molecule has 8 heteroatoms. The van der Waals surface area contributed by atoms with Gasteiger partial charge in [-0.05, 0) is 31.4 Å². The van der Waals surface area contributed by atoms with Crippen molar-refractivity contribution in [1.29, 1.82) is 0 Å². The molecule has 2 N–H and O–H groups in total. The summed E-state index contributed by atoms with van der Waals surface area (Å²) >= 11 is 1.28. The van der Waals surface area contributed by atoms with Gasteiger partial charge in [-0.15, -0.1) is 0 Å². The Morgan fingerprint density at radius 2 is 2.04 bits per heavy atom. The molecule has 0 saturated heterocycles. The van der Waals surface area contributed by atoms with Gasteiger partial charge in [-0.1, -0.05) is 30.0 Å². The number of benzene rings is 1. The summed E-state index contributed by atoms with van der Waals surface area (Å²) < 4.78 is 4.56. The molecule has 1 aromatic carbocycles. The third-order valence-corrected chi connectivity index (χ3v) is 5.22. The molecule has 7 nitrogen and oxygen atoms in total. The van der Waals surface area contributed by atoms with E-state index >= 15 is 0 Å². The average molecular weight is 401 g/mol. The van der Waals surface area contributed by atoms with Crippen LogP contribution in [-0.4, -0.2) is 48.2 Å².